The van der Waals surface area contributed by atoms with Crippen molar-refractivity contribution in [3.63, 3.8) is 0 Å². The number of ether oxygens (including phenoxy) is 2. The first-order valence-electron chi connectivity index (χ1n) is 11.6. The largest absolute Gasteiger partial charge is 0.493 e. The van der Waals surface area contributed by atoms with Crippen molar-refractivity contribution in [3.05, 3.63) is 69.7 Å². The lowest BCUT2D eigenvalue weighted by molar-refractivity contribution is -0.134. The van der Waals surface area contributed by atoms with Gasteiger partial charge in [0.25, 0.3) is 0 Å². The van der Waals surface area contributed by atoms with Gasteiger partial charge in [-0.25, -0.2) is 9.59 Å². The Hall–Kier alpha value is -3.92. The molecule has 10 nitrogen and oxygen atoms in total. The van der Waals surface area contributed by atoms with Crippen LogP contribution in [0.4, 0.5) is 0 Å². The summed E-state index contributed by atoms with van der Waals surface area (Å²) in [6.07, 6.45) is 4.93. The average molecular weight is 499 g/mol. The van der Waals surface area contributed by atoms with E-state index in [1.165, 1.54) is 0 Å². The van der Waals surface area contributed by atoms with E-state index < -0.39 is 11.9 Å². The third kappa shape index (κ3) is 6.19. The lowest BCUT2D eigenvalue weighted by Gasteiger charge is -2.37. The van der Waals surface area contributed by atoms with Crippen molar-refractivity contribution in [1.29, 1.82) is 0 Å². The van der Waals surface area contributed by atoms with Gasteiger partial charge in [0, 0.05) is 48.5 Å². The number of carboxylic acid groups (broad SMARTS) is 2. The standard InChI is InChI=1S/C22H26N2O4.C4H4O4/c1-4-28-20-10-15-16-9-14(25)6-7-18(16)23-22(17(15)11-19(20)27-3)13-5-8-21(26)24(2)12-13;5-3(6)1-2-4(7)8/h5,8,10-12,14,16,18,25H,4,6-7,9H2,1-3H3;1-2H,(H,5,6)(H,7,8)/b;2-1-/t14-,16-,18-;/m1./s1. The molecule has 1 aliphatic heterocycles. The molecule has 0 unspecified atom stereocenters. The first-order chi connectivity index (χ1) is 17.1. The lowest BCUT2D eigenvalue weighted by Crippen LogP contribution is -2.34. The van der Waals surface area contributed by atoms with Gasteiger partial charge in [-0.1, -0.05) is 0 Å². The van der Waals surface area contributed by atoms with Gasteiger partial charge in [-0.3, -0.25) is 9.79 Å². The Balaban J connectivity index is 0.000000392. The van der Waals surface area contributed by atoms with Gasteiger partial charge in [-0.05, 0) is 49.9 Å². The van der Waals surface area contributed by atoms with E-state index in [4.69, 9.17) is 24.7 Å². The molecule has 192 valence electrons. The van der Waals surface area contributed by atoms with Crippen LogP contribution in [0.15, 0.2) is 52.4 Å². The number of aryl methyl sites for hydroxylation is 1. The number of benzene rings is 1. The van der Waals surface area contributed by atoms with Gasteiger partial charge in [-0.2, -0.15) is 0 Å². The fraction of sp³-hybridized carbons (Fsp3) is 0.385. The summed E-state index contributed by atoms with van der Waals surface area (Å²) in [6.45, 7) is 2.50. The highest BCUT2D eigenvalue weighted by Gasteiger charge is 2.37. The highest BCUT2D eigenvalue weighted by molar-refractivity contribution is 6.14. The number of methoxy groups -OCH3 is 1. The maximum absolute atomic E-state index is 11.8. The summed E-state index contributed by atoms with van der Waals surface area (Å²) < 4.78 is 12.9. The number of aliphatic imine (C=N–C) groups is 1. The second-order valence-electron chi connectivity index (χ2n) is 8.52. The molecule has 3 N–H and O–H groups in total. The van der Waals surface area contributed by atoms with Crippen LogP contribution in [0.25, 0.3) is 0 Å². The van der Waals surface area contributed by atoms with Crippen LogP contribution in [0.3, 0.4) is 0 Å². The Morgan fingerprint density at radius 1 is 1.14 bits per heavy atom. The van der Waals surface area contributed by atoms with Crippen LogP contribution in [0, 0.1) is 0 Å². The number of aromatic nitrogens is 1. The normalized spacial score (nSPS) is 20.3. The maximum Gasteiger partial charge on any atom is 0.328 e. The van der Waals surface area contributed by atoms with E-state index in [0.29, 0.717) is 36.7 Å². The Labute approximate surface area is 208 Å². The molecule has 0 amide bonds. The van der Waals surface area contributed by atoms with Crippen molar-refractivity contribution in [1.82, 2.24) is 4.57 Å². The number of pyridine rings is 1. The van der Waals surface area contributed by atoms with Crippen molar-refractivity contribution in [2.45, 2.75) is 44.2 Å². The van der Waals surface area contributed by atoms with E-state index in [-0.39, 0.29) is 23.6 Å². The van der Waals surface area contributed by atoms with E-state index >= 15 is 0 Å². The Morgan fingerprint density at radius 2 is 1.83 bits per heavy atom. The zero-order valence-corrected chi connectivity index (χ0v) is 20.4. The van der Waals surface area contributed by atoms with Gasteiger partial charge >= 0.3 is 11.9 Å². The summed E-state index contributed by atoms with van der Waals surface area (Å²) in [7, 11) is 3.37. The van der Waals surface area contributed by atoms with Crippen molar-refractivity contribution >= 4 is 17.7 Å². The van der Waals surface area contributed by atoms with Gasteiger partial charge < -0.3 is 29.4 Å². The fourth-order valence-corrected chi connectivity index (χ4v) is 4.48. The van der Waals surface area contributed by atoms with E-state index in [9.17, 15) is 19.5 Å². The van der Waals surface area contributed by atoms with Crippen LogP contribution in [-0.4, -0.2) is 63.4 Å². The molecule has 1 aromatic carbocycles. The van der Waals surface area contributed by atoms with E-state index in [2.05, 4.69) is 0 Å². The van der Waals surface area contributed by atoms with Crippen LogP contribution in [0.5, 0.6) is 11.5 Å². The molecule has 1 saturated carbocycles. The highest BCUT2D eigenvalue weighted by atomic mass is 16.5. The van der Waals surface area contributed by atoms with E-state index in [0.717, 1.165) is 35.2 Å². The topological polar surface area (TPSA) is 148 Å². The number of hydrogen-bond acceptors (Lipinski definition) is 7. The average Bonchev–Trinajstić information content (AvgIpc) is 2.84. The molecule has 1 aliphatic carbocycles. The Bertz CT molecular complexity index is 1230. The van der Waals surface area contributed by atoms with Crippen molar-refractivity contribution < 1.29 is 34.4 Å². The molecule has 10 heteroatoms. The van der Waals surface area contributed by atoms with Crippen LogP contribution < -0.4 is 15.0 Å². The molecule has 2 heterocycles. The molecular weight excluding hydrogens is 468 g/mol. The summed E-state index contributed by atoms with van der Waals surface area (Å²) in [5.74, 6) is -0.989. The predicted molar refractivity (Wildman–Crippen MR) is 132 cm³/mol. The predicted octanol–water partition coefficient (Wildman–Crippen LogP) is 2.35. The van der Waals surface area contributed by atoms with Crippen molar-refractivity contribution in [3.8, 4) is 11.5 Å². The molecular formula is C26H30N2O8. The number of rotatable bonds is 6. The smallest absolute Gasteiger partial charge is 0.328 e. The summed E-state index contributed by atoms with van der Waals surface area (Å²) in [6, 6.07) is 7.53. The third-order valence-corrected chi connectivity index (χ3v) is 6.10. The van der Waals surface area contributed by atoms with Gasteiger partial charge in [0.15, 0.2) is 11.5 Å². The minimum absolute atomic E-state index is 0.0525. The first-order valence-corrected chi connectivity index (χ1v) is 11.6. The zero-order valence-electron chi connectivity index (χ0n) is 20.4. The molecule has 4 rings (SSSR count). The SMILES string of the molecule is CCOc1cc2c(cc1OC)C(c1ccc(=O)n(C)c1)=N[C@@H]1CC[C@@H](O)C[C@H]21.O=C(O)/C=C\C(=O)O. The third-order valence-electron chi connectivity index (χ3n) is 6.10. The second-order valence-corrected chi connectivity index (χ2v) is 8.52. The molecule has 0 saturated heterocycles. The summed E-state index contributed by atoms with van der Waals surface area (Å²) in [4.78, 5) is 36.0. The molecule has 1 aromatic heterocycles. The van der Waals surface area contributed by atoms with Gasteiger partial charge in [0.2, 0.25) is 5.56 Å². The second kappa shape index (κ2) is 11.7. The summed E-state index contributed by atoms with van der Waals surface area (Å²) in [5, 5.41) is 25.9. The van der Waals surface area contributed by atoms with Crippen LogP contribution in [-0.2, 0) is 16.6 Å². The summed E-state index contributed by atoms with van der Waals surface area (Å²) in [5.41, 5.74) is 3.83. The van der Waals surface area contributed by atoms with E-state index in [1.807, 2.05) is 31.3 Å². The zero-order chi connectivity index (χ0) is 26.4. The van der Waals surface area contributed by atoms with Crippen LogP contribution in [0.2, 0.25) is 0 Å². The number of aliphatic carboxylic acids is 2. The summed E-state index contributed by atoms with van der Waals surface area (Å²) >= 11 is 0. The quantitative estimate of drug-likeness (QED) is 0.514. The Kier molecular flexibility index (Phi) is 8.65. The number of fused-ring (bicyclic) bond motifs is 3. The first kappa shape index (κ1) is 26.7. The van der Waals surface area contributed by atoms with Crippen LogP contribution in [0.1, 0.15) is 48.8 Å². The molecule has 36 heavy (non-hydrogen) atoms. The van der Waals surface area contributed by atoms with Crippen molar-refractivity contribution in [2.24, 2.45) is 12.0 Å². The van der Waals surface area contributed by atoms with E-state index in [1.54, 1.807) is 24.8 Å². The van der Waals surface area contributed by atoms with Gasteiger partial charge in [-0.15, -0.1) is 0 Å². The molecule has 0 bridgehead atoms. The maximum atomic E-state index is 11.8. The monoisotopic (exact) mass is 498 g/mol. The number of carboxylic acids is 2. The van der Waals surface area contributed by atoms with Crippen molar-refractivity contribution in [2.75, 3.05) is 13.7 Å². The molecule has 2 aliphatic rings. The van der Waals surface area contributed by atoms with Gasteiger partial charge in [0.05, 0.1) is 31.6 Å². The molecule has 1 fully saturated rings. The molecule has 0 radical (unpaired) electrons. The number of hydrogen-bond donors (Lipinski definition) is 3. The number of aliphatic hydroxyl groups excluding tert-OH is 1. The van der Waals surface area contributed by atoms with Gasteiger partial charge in [0.1, 0.15) is 0 Å². The molecule has 3 atom stereocenters. The number of carbonyl (C=O) groups is 2. The van der Waals surface area contributed by atoms with Crippen LogP contribution >= 0.6 is 0 Å². The number of nitrogens with zero attached hydrogens (tertiary/aromatic N) is 2. The number of aliphatic hydroxyl groups is 1. The lowest BCUT2D eigenvalue weighted by atomic mass is 9.74. The fourth-order valence-electron chi connectivity index (χ4n) is 4.48. The minimum Gasteiger partial charge on any atom is -0.493 e. The Morgan fingerprint density at radius 3 is 2.42 bits per heavy atom. The molecule has 2 aromatic rings. The minimum atomic E-state index is -1.26. The highest BCUT2D eigenvalue weighted by Crippen LogP contribution is 2.44. The molecule has 0 spiro atoms.